The van der Waals surface area contributed by atoms with Crippen LogP contribution in [0.1, 0.15) is 15.9 Å². The molecule has 0 saturated carbocycles. The Morgan fingerprint density at radius 1 is 1.26 bits per heavy atom. The molecule has 0 aliphatic rings. The quantitative estimate of drug-likeness (QED) is 0.877. The van der Waals surface area contributed by atoms with Crippen molar-refractivity contribution in [3.63, 3.8) is 0 Å². The fourth-order valence-electron chi connectivity index (χ4n) is 1.31. The van der Waals surface area contributed by atoms with Gasteiger partial charge in [-0.3, -0.25) is 4.79 Å². The van der Waals surface area contributed by atoms with Crippen molar-refractivity contribution in [1.29, 1.82) is 0 Å². The van der Waals surface area contributed by atoms with Gasteiger partial charge in [-0.05, 0) is 17.6 Å². The molecule has 0 radical (unpaired) electrons. The number of halogens is 3. The van der Waals surface area contributed by atoms with E-state index in [2.05, 4.69) is 4.37 Å². The van der Waals surface area contributed by atoms with Crippen LogP contribution in [0.5, 0.6) is 5.88 Å². The highest BCUT2D eigenvalue weighted by atomic mass is 32.1. The number of rotatable bonds is 4. The second-order valence-corrected chi connectivity index (χ2v) is 4.17. The molecule has 19 heavy (non-hydrogen) atoms. The summed E-state index contributed by atoms with van der Waals surface area (Å²) in [4.78, 5) is 11.0. The molecule has 0 unspecified atom stereocenters. The molecule has 1 amide bonds. The summed E-state index contributed by atoms with van der Waals surface area (Å²) < 4.78 is 47.8. The zero-order valence-corrected chi connectivity index (χ0v) is 10.1. The third-order valence-corrected chi connectivity index (χ3v) is 2.87. The van der Waals surface area contributed by atoms with Crippen molar-refractivity contribution in [2.75, 3.05) is 0 Å². The fourth-order valence-corrected chi connectivity index (χ4v) is 1.94. The van der Waals surface area contributed by atoms with Crippen LogP contribution in [0.3, 0.4) is 0 Å². The van der Waals surface area contributed by atoms with E-state index in [0.717, 1.165) is 11.5 Å². The van der Waals surface area contributed by atoms with E-state index in [1.807, 2.05) is 0 Å². The van der Waals surface area contributed by atoms with Crippen LogP contribution >= 0.6 is 11.5 Å². The number of nitrogens with zero attached hydrogens (tertiary/aromatic N) is 1. The lowest BCUT2D eigenvalue weighted by atomic mass is 10.2. The molecule has 1 aromatic carbocycles. The average Bonchev–Trinajstić information content (AvgIpc) is 2.80. The molecule has 100 valence electrons. The van der Waals surface area contributed by atoms with Crippen molar-refractivity contribution >= 4 is 17.4 Å². The lowest BCUT2D eigenvalue weighted by molar-refractivity contribution is 0.0996. The Kier molecular flexibility index (Phi) is 3.70. The molecule has 0 atom stereocenters. The average molecular weight is 288 g/mol. The standard InChI is InChI=1S/C11H7F3N2O2S/c12-7-2-9(14)8(13)1-5(7)3-18-11-6(10(15)17)4-19-16-11/h1-2,4H,3H2,(H2,15,17). The molecule has 2 N–H and O–H groups in total. The van der Waals surface area contributed by atoms with Gasteiger partial charge in [0.2, 0.25) is 5.88 Å². The van der Waals surface area contributed by atoms with Gasteiger partial charge < -0.3 is 10.5 Å². The van der Waals surface area contributed by atoms with Crippen LogP contribution in [0, 0.1) is 17.5 Å². The highest BCUT2D eigenvalue weighted by molar-refractivity contribution is 7.04. The van der Waals surface area contributed by atoms with Crippen molar-refractivity contribution in [3.8, 4) is 5.88 Å². The minimum Gasteiger partial charge on any atom is -0.472 e. The largest absolute Gasteiger partial charge is 0.472 e. The molecule has 0 aliphatic carbocycles. The van der Waals surface area contributed by atoms with Crippen molar-refractivity contribution in [2.24, 2.45) is 5.73 Å². The number of hydrogen-bond donors (Lipinski definition) is 1. The molecule has 8 heteroatoms. The van der Waals surface area contributed by atoms with E-state index in [-0.39, 0.29) is 17.0 Å². The highest BCUT2D eigenvalue weighted by Crippen LogP contribution is 2.21. The van der Waals surface area contributed by atoms with Crippen LogP contribution in [0.4, 0.5) is 13.2 Å². The molecular formula is C11H7F3N2O2S. The van der Waals surface area contributed by atoms with E-state index in [0.29, 0.717) is 12.1 Å². The molecule has 0 aliphatic heterocycles. The van der Waals surface area contributed by atoms with Crippen LogP contribution in [0.15, 0.2) is 17.5 Å². The van der Waals surface area contributed by atoms with Gasteiger partial charge in [-0.2, -0.15) is 4.37 Å². The summed E-state index contributed by atoms with van der Waals surface area (Å²) in [6.07, 6.45) is 0. The first-order valence-corrected chi connectivity index (χ1v) is 5.83. The van der Waals surface area contributed by atoms with E-state index in [9.17, 15) is 18.0 Å². The summed E-state index contributed by atoms with van der Waals surface area (Å²) in [5, 5.41) is 1.37. The van der Waals surface area contributed by atoms with Crippen molar-refractivity contribution in [1.82, 2.24) is 4.37 Å². The number of benzene rings is 1. The summed E-state index contributed by atoms with van der Waals surface area (Å²) >= 11 is 0.936. The van der Waals surface area contributed by atoms with Gasteiger partial charge in [-0.15, -0.1) is 0 Å². The zero-order valence-electron chi connectivity index (χ0n) is 9.32. The molecule has 1 aromatic heterocycles. The van der Waals surface area contributed by atoms with Gasteiger partial charge in [0.1, 0.15) is 18.0 Å². The molecule has 4 nitrogen and oxygen atoms in total. The third-order valence-electron chi connectivity index (χ3n) is 2.26. The zero-order chi connectivity index (χ0) is 14.0. The van der Waals surface area contributed by atoms with Gasteiger partial charge in [0, 0.05) is 17.0 Å². The maximum atomic E-state index is 13.3. The van der Waals surface area contributed by atoms with Crippen LogP contribution in [-0.4, -0.2) is 10.3 Å². The second-order valence-electron chi connectivity index (χ2n) is 3.54. The van der Waals surface area contributed by atoms with Gasteiger partial charge >= 0.3 is 0 Å². The summed E-state index contributed by atoms with van der Waals surface area (Å²) in [5.41, 5.74) is 4.92. The van der Waals surface area contributed by atoms with Crippen LogP contribution in [-0.2, 0) is 6.61 Å². The molecular weight excluding hydrogens is 281 g/mol. The summed E-state index contributed by atoms with van der Waals surface area (Å²) in [6, 6.07) is 1.10. The van der Waals surface area contributed by atoms with E-state index >= 15 is 0 Å². The Hall–Kier alpha value is -2.09. The molecule has 0 spiro atoms. The Morgan fingerprint density at radius 3 is 2.63 bits per heavy atom. The van der Waals surface area contributed by atoms with Crippen LogP contribution < -0.4 is 10.5 Å². The predicted octanol–water partition coefficient (Wildman–Crippen LogP) is 2.24. The first kappa shape index (κ1) is 13.3. The lowest BCUT2D eigenvalue weighted by Gasteiger charge is -2.06. The fraction of sp³-hybridized carbons (Fsp3) is 0.0909. The van der Waals surface area contributed by atoms with Gasteiger partial charge in [-0.25, -0.2) is 13.2 Å². The first-order chi connectivity index (χ1) is 8.99. The Morgan fingerprint density at radius 2 is 1.95 bits per heavy atom. The Balaban J connectivity index is 2.17. The predicted molar refractivity (Wildman–Crippen MR) is 61.3 cm³/mol. The summed E-state index contributed by atoms with van der Waals surface area (Å²) in [6.45, 7) is -0.396. The summed E-state index contributed by atoms with van der Waals surface area (Å²) in [7, 11) is 0. The topological polar surface area (TPSA) is 65.2 Å². The van der Waals surface area contributed by atoms with Gasteiger partial charge in [0.15, 0.2) is 11.6 Å². The molecule has 0 fully saturated rings. The minimum absolute atomic E-state index is 0.0491. The molecule has 0 saturated heterocycles. The van der Waals surface area contributed by atoms with Crippen molar-refractivity contribution in [2.45, 2.75) is 6.61 Å². The van der Waals surface area contributed by atoms with Gasteiger partial charge in [-0.1, -0.05) is 0 Å². The third kappa shape index (κ3) is 2.84. The number of aromatic nitrogens is 1. The van der Waals surface area contributed by atoms with Crippen LogP contribution in [0.25, 0.3) is 0 Å². The number of ether oxygens (including phenoxy) is 1. The van der Waals surface area contributed by atoms with Crippen molar-refractivity contribution < 1.29 is 22.7 Å². The normalized spacial score (nSPS) is 10.5. The van der Waals surface area contributed by atoms with E-state index in [1.165, 1.54) is 5.38 Å². The van der Waals surface area contributed by atoms with E-state index < -0.39 is 30.0 Å². The number of carbonyl (C=O) groups excluding carboxylic acids is 1. The van der Waals surface area contributed by atoms with Crippen LogP contribution in [0.2, 0.25) is 0 Å². The Labute approximate surface area is 109 Å². The monoisotopic (exact) mass is 288 g/mol. The SMILES string of the molecule is NC(=O)c1csnc1OCc1cc(F)c(F)cc1F. The highest BCUT2D eigenvalue weighted by Gasteiger charge is 2.15. The maximum absolute atomic E-state index is 13.3. The number of carbonyl (C=O) groups is 1. The number of hydrogen-bond acceptors (Lipinski definition) is 4. The van der Waals surface area contributed by atoms with Gasteiger partial charge in [0.05, 0.1) is 0 Å². The maximum Gasteiger partial charge on any atom is 0.255 e. The van der Waals surface area contributed by atoms with Crippen molar-refractivity contribution in [3.05, 3.63) is 46.1 Å². The summed E-state index contributed by atoms with van der Waals surface area (Å²) in [5.74, 6) is -4.23. The van der Waals surface area contributed by atoms with Gasteiger partial charge in [0.25, 0.3) is 5.91 Å². The molecule has 1 heterocycles. The Bertz CT molecular complexity index is 630. The first-order valence-electron chi connectivity index (χ1n) is 4.99. The number of nitrogens with two attached hydrogens (primary N) is 1. The van der Waals surface area contributed by atoms with E-state index in [4.69, 9.17) is 10.5 Å². The molecule has 0 bridgehead atoms. The van der Waals surface area contributed by atoms with E-state index in [1.54, 1.807) is 0 Å². The number of amides is 1. The second kappa shape index (κ2) is 5.27. The smallest absolute Gasteiger partial charge is 0.255 e. The molecule has 2 aromatic rings. The lowest BCUT2D eigenvalue weighted by Crippen LogP contribution is -2.12. The molecule has 2 rings (SSSR count). The minimum atomic E-state index is -1.28. The number of primary amides is 1.